The summed E-state index contributed by atoms with van der Waals surface area (Å²) in [7, 11) is 0. The monoisotopic (exact) mass is 410 g/mol. The first kappa shape index (κ1) is 22.3. The third-order valence-electron chi connectivity index (χ3n) is 4.72. The van der Waals surface area contributed by atoms with E-state index in [4.69, 9.17) is 21.1 Å². The molecular formula is C21H31ClN2O4. The Morgan fingerprint density at radius 3 is 2.18 bits per heavy atom. The van der Waals surface area contributed by atoms with Gasteiger partial charge < -0.3 is 19.3 Å². The highest BCUT2D eigenvalue weighted by Crippen LogP contribution is 2.24. The van der Waals surface area contributed by atoms with Crippen molar-refractivity contribution in [3.8, 4) is 5.75 Å². The van der Waals surface area contributed by atoms with Gasteiger partial charge in [-0.15, -0.1) is 11.6 Å². The number of carbonyl (C=O) groups is 2. The van der Waals surface area contributed by atoms with Gasteiger partial charge in [0.15, 0.2) is 0 Å². The normalized spacial score (nSPS) is 14.7. The van der Waals surface area contributed by atoms with Gasteiger partial charge in [-0.05, 0) is 29.5 Å². The molecule has 1 aliphatic rings. The fraction of sp³-hybridized carbons (Fsp3) is 0.619. The van der Waals surface area contributed by atoms with Gasteiger partial charge >= 0.3 is 6.09 Å². The lowest BCUT2D eigenvalue weighted by Gasteiger charge is -2.34. The van der Waals surface area contributed by atoms with Gasteiger partial charge in [0.2, 0.25) is 5.91 Å². The van der Waals surface area contributed by atoms with Crippen LogP contribution in [0.1, 0.15) is 39.2 Å². The van der Waals surface area contributed by atoms with Gasteiger partial charge in [-0.3, -0.25) is 4.79 Å². The standard InChI is InChI=1S/C21H31ClN2O4/c1-21(2,3)17-6-8-18(9-7-17)27-15-4-5-19(25)23-11-13-24(14-12-23)20(26)28-16-10-22/h6-9H,4-5,10-16H2,1-3H3. The molecule has 1 aromatic rings. The lowest BCUT2D eigenvalue weighted by molar-refractivity contribution is -0.133. The van der Waals surface area contributed by atoms with Crippen molar-refractivity contribution in [3.63, 3.8) is 0 Å². The number of halogens is 1. The summed E-state index contributed by atoms with van der Waals surface area (Å²) in [6, 6.07) is 8.12. The third kappa shape index (κ3) is 6.89. The Balaban J connectivity index is 1.65. The minimum atomic E-state index is -0.362. The Labute approximate surface area is 172 Å². The Morgan fingerprint density at radius 1 is 1.00 bits per heavy atom. The molecule has 1 fully saturated rings. The van der Waals surface area contributed by atoms with Crippen LogP contribution in [0.5, 0.6) is 5.75 Å². The van der Waals surface area contributed by atoms with Gasteiger partial charge in [0.25, 0.3) is 0 Å². The number of carbonyl (C=O) groups excluding carboxylic acids is 2. The second-order valence-electron chi connectivity index (χ2n) is 7.90. The molecular weight excluding hydrogens is 380 g/mol. The van der Waals surface area contributed by atoms with Crippen molar-refractivity contribution in [2.75, 3.05) is 45.3 Å². The summed E-state index contributed by atoms with van der Waals surface area (Å²) in [6.07, 6.45) is 0.743. The Bertz CT molecular complexity index is 635. The van der Waals surface area contributed by atoms with Crippen LogP contribution in [0.2, 0.25) is 0 Å². The summed E-state index contributed by atoms with van der Waals surface area (Å²) >= 11 is 5.51. The summed E-state index contributed by atoms with van der Waals surface area (Å²) in [5.41, 5.74) is 1.39. The van der Waals surface area contributed by atoms with Gasteiger partial charge in [0, 0.05) is 32.6 Å². The Kier molecular flexibility index (Phi) is 8.42. The van der Waals surface area contributed by atoms with Crippen molar-refractivity contribution in [1.82, 2.24) is 9.80 Å². The number of piperazine rings is 1. The maximum atomic E-state index is 12.3. The molecule has 2 amide bonds. The number of rotatable bonds is 7. The number of amides is 2. The number of nitrogens with zero attached hydrogens (tertiary/aromatic N) is 2. The van der Waals surface area contributed by atoms with Crippen molar-refractivity contribution in [2.24, 2.45) is 0 Å². The quantitative estimate of drug-likeness (QED) is 0.508. The van der Waals surface area contributed by atoms with E-state index in [1.165, 1.54) is 5.56 Å². The SMILES string of the molecule is CC(C)(C)c1ccc(OCCCC(=O)N2CCN(C(=O)OCCCl)CC2)cc1. The van der Waals surface area contributed by atoms with Crippen molar-refractivity contribution in [3.05, 3.63) is 29.8 Å². The molecule has 0 spiro atoms. The van der Waals surface area contributed by atoms with E-state index in [0.29, 0.717) is 45.6 Å². The number of hydrogen-bond acceptors (Lipinski definition) is 4. The van der Waals surface area contributed by atoms with Gasteiger partial charge in [-0.25, -0.2) is 4.79 Å². The molecule has 0 unspecified atom stereocenters. The number of alkyl halides is 1. The molecule has 0 radical (unpaired) electrons. The highest BCUT2D eigenvalue weighted by Gasteiger charge is 2.24. The zero-order chi connectivity index (χ0) is 20.6. The molecule has 0 N–H and O–H groups in total. The second kappa shape index (κ2) is 10.6. The summed E-state index contributed by atoms with van der Waals surface area (Å²) < 4.78 is 10.8. The highest BCUT2D eigenvalue weighted by molar-refractivity contribution is 6.18. The molecule has 0 aromatic heterocycles. The van der Waals surface area contributed by atoms with Crippen LogP contribution in [0.25, 0.3) is 0 Å². The topological polar surface area (TPSA) is 59.1 Å². The first-order chi connectivity index (χ1) is 13.3. The summed E-state index contributed by atoms with van der Waals surface area (Å²) in [5.74, 6) is 1.21. The van der Waals surface area contributed by atoms with E-state index in [0.717, 1.165) is 5.75 Å². The molecule has 6 nitrogen and oxygen atoms in total. The van der Waals surface area contributed by atoms with E-state index in [2.05, 4.69) is 32.9 Å². The number of benzene rings is 1. The van der Waals surface area contributed by atoms with Crippen molar-refractivity contribution in [1.29, 1.82) is 0 Å². The zero-order valence-corrected chi connectivity index (χ0v) is 17.8. The smallest absolute Gasteiger partial charge is 0.409 e. The predicted molar refractivity (Wildman–Crippen MR) is 110 cm³/mol. The molecule has 0 aliphatic carbocycles. The van der Waals surface area contributed by atoms with E-state index >= 15 is 0 Å². The maximum absolute atomic E-state index is 12.3. The van der Waals surface area contributed by atoms with Crippen molar-refractivity contribution < 1.29 is 19.1 Å². The first-order valence-electron chi connectivity index (χ1n) is 9.80. The molecule has 1 aromatic carbocycles. The van der Waals surface area contributed by atoms with E-state index in [1.54, 1.807) is 9.80 Å². The van der Waals surface area contributed by atoms with Crippen LogP contribution in [0.15, 0.2) is 24.3 Å². The summed E-state index contributed by atoms with van der Waals surface area (Å²) in [5, 5.41) is 0. The van der Waals surface area contributed by atoms with Crippen LogP contribution >= 0.6 is 11.6 Å². The fourth-order valence-corrected chi connectivity index (χ4v) is 3.06. The van der Waals surface area contributed by atoms with Crippen LogP contribution < -0.4 is 4.74 Å². The minimum absolute atomic E-state index is 0.0976. The highest BCUT2D eigenvalue weighted by atomic mass is 35.5. The largest absolute Gasteiger partial charge is 0.494 e. The second-order valence-corrected chi connectivity index (χ2v) is 8.28. The summed E-state index contributed by atoms with van der Waals surface area (Å²) in [4.78, 5) is 27.5. The van der Waals surface area contributed by atoms with E-state index in [9.17, 15) is 9.59 Å². The number of ether oxygens (including phenoxy) is 2. The molecule has 0 bridgehead atoms. The molecule has 1 aliphatic heterocycles. The summed E-state index contributed by atoms with van der Waals surface area (Å²) in [6.45, 7) is 9.29. The Hall–Kier alpha value is -1.95. The molecule has 28 heavy (non-hydrogen) atoms. The van der Waals surface area contributed by atoms with E-state index in [-0.39, 0.29) is 29.9 Å². The van der Waals surface area contributed by atoms with Crippen molar-refractivity contribution >= 4 is 23.6 Å². The minimum Gasteiger partial charge on any atom is -0.494 e. The maximum Gasteiger partial charge on any atom is 0.409 e. The predicted octanol–water partition coefficient (Wildman–Crippen LogP) is 3.66. The van der Waals surface area contributed by atoms with Crippen LogP contribution in [0, 0.1) is 0 Å². The lowest BCUT2D eigenvalue weighted by Crippen LogP contribution is -2.50. The first-order valence-corrected chi connectivity index (χ1v) is 10.3. The third-order valence-corrected chi connectivity index (χ3v) is 4.87. The molecule has 7 heteroatoms. The lowest BCUT2D eigenvalue weighted by atomic mass is 9.87. The fourth-order valence-electron chi connectivity index (χ4n) is 2.98. The molecule has 156 valence electrons. The zero-order valence-electron chi connectivity index (χ0n) is 17.1. The van der Waals surface area contributed by atoms with E-state index in [1.807, 2.05) is 12.1 Å². The van der Waals surface area contributed by atoms with Crippen LogP contribution in [0.4, 0.5) is 4.79 Å². The van der Waals surface area contributed by atoms with E-state index < -0.39 is 0 Å². The van der Waals surface area contributed by atoms with Crippen molar-refractivity contribution in [2.45, 2.75) is 39.0 Å². The molecule has 2 rings (SSSR count). The molecule has 0 saturated carbocycles. The van der Waals surface area contributed by atoms with Crippen LogP contribution in [-0.2, 0) is 14.9 Å². The van der Waals surface area contributed by atoms with Gasteiger partial charge in [-0.2, -0.15) is 0 Å². The van der Waals surface area contributed by atoms with Crippen LogP contribution in [-0.4, -0.2) is 67.1 Å². The number of hydrogen-bond donors (Lipinski definition) is 0. The van der Waals surface area contributed by atoms with Gasteiger partial charge in [-0.1, -0.05) is 32.9 Å². The van der Waals surface area contributed by atoms with Gasteiger partial charge in [0.05, 0.1) is 12.5 Å². The Morgan fingerprint density at radius 2 is 1.61 bits per heavy atom. The average molecular weight is 411 g/mol. The van der Waals surface area contributed by atoms with Gasteiger partial charge in [0.1, 0.15) is 12.4 Å². The molecule has 1 saturated heterocycles. The van der Waals surface area contributed by atoms with Crippen LogP contribution in [0.3, 0.4) is 0 Å². The molecule has 0 atom stereocenters. The average Bonchev–Trinajstić information content (AvgIpc) is 2.69. The molecule has 1 heterocycles.